The van der Waals surface area contributed by atoms with Crippen LogP contribution >= 0.6 is 23.2 Å². The molecule has 2 heterocycles. The second-order valence-electron chi connectivity index (χ2n) is 6.66. The zero-order valence-corrected chi connectivity index (χ0v) is 16.2. The van der Waals surface area contributed by atoms with E-state index in [9.17, 15) is 9.90 Å². The lowest BCUT2D eigenvalue weighted by atomic mass is 9.93. The van der Waals surface area contributed by atoms with Gasteiger partial charge < -0.3 is 5.11 Å². The molecule has 0 aliphatic carbocycles. The minimum atomic E-state index is -0.712. The third kappa shape index (κ3) is 4.20. The SMILES string of the molecule is CCc1ccc(C(c2ccc(Cl)cc2Cl)N2CCC(C(=O)O)CC2)nc1. The lowest BCUT2D eigenvalue weighted by Crippen LogP contribution is -2.39. The number of rotatable bonds is 5. The lowest BCUT2D eigenvalue weighted by Gasteiger charge is -2.37. The third-order valence-electron chi connectivity index (χ3n) is 5.04. The highest BCUT2D eigenvalue weighted by Gasteiger charge is 2.31. The first-order valence-electron chi connectivity index (χ1n) is 8.86. The number of carbonyl (C=O) groups is 1. The molecule has 1 fully saturated rings. The van der Waals surface area contributed by atoms with Crippen molar-refractivity contribution in [1.29, 1.82) is 0 Å². The molecule has 6 heteroatoms. The standard InChI is InChI=1S/C20H22Cl2N2O2/c1-2-13-3-6-18(23-12-13)19(16-5-4-15(21)11-17(16)22)24-9-7-14(8-10-24)20(25)26/h3-6,11-12,14,19H,2,7-10H2,1H3,(H,25,26). The number of hydrogen-bond donors (Lipinski definition) is 1. The summed E-state index contributed by atoms with van der Waals surface area (Å²) in [7, 11) is 0. The van der Waals surface area contributed by atoms with Crippen molar-refractivity contribution in [2.45, 2.75) is 32.2 Å². The molecule has 1 unspecified atom stereocenters. The van der Waals surface area contributed by atoms with Crippen LogP contribution in [0.3, 0.4) is 0 Å². The maximum atomic E-state index is 11.3. The highest BCUT2D eigenvalue weighted by Crippen LogP contribution is 2.36. The monoisotopic (exact) mass is 392 g/mol. The Morgan fingerprint density at radius 2 is 2.00 bits per heavy atom. The van der Waals surface area contributed by atoms with Crippen LogP contribution in [0.1, 0.15) is 42.6 Å². The molecule has 3 rings (SSSR count). The molecule has 26 heavy (non-hydrogen) atoms. The van der Waals surface area contributed by atoms with Crippen molar-refractivity contribution in [3.63, 3.8) is 0 Å². The highest BCUT2D eigenvalue weighted by molar-refractivity contribution is 6.35. The molecule has 138 valence electrons. The number of aliphatic carboxylic acids is 1. The Hall–Kier alpha value is -1.62. The number of carboxylic acid groups (broad SMARTS) is 1. The number of hydrogen-bond acceptors (Lipinski definition) is 3. The fraction of sp³-hybridized carbons (Fsp3) is 0.400. The largest absolute Gasteiger partial charge is 0.481 e. The molecule has 0 spiro atoms. The van der Waals surface area contributed by atoms with Crippen LogP contribution in [0.2, 0.25) is 10.0 Å². The van der Waals surface area contributed by atoms with Gasteiger partial charge in [0.15, 0.2) is 0 Å². The zero-order chi connectivity index (χ0) is 18.7. The van der Waals surface area contributed by atoms with Gasteiger partial charge >= 0.3 is 5.97 Å². The summed E-state index contributed by atoms with van der Waals surface area (Å²) in [6.07, 6.45) is 4.09. The number of aryl methyl sites for hydroxylation is 1. The Morgan fingerprint density at radius 3 is 2.54 bits per heavy atom. The van der Waals surface area contributed by atoms with Gasteiger partial charge in [-0.05, 0) is 61.7 Å². The van der Waals surface area contributed by atoms with E-state index in [1.54, 1.807) is 6.07 Å². The Bertz CT molecular complexity index is 772. The van der Waals surface area contributed by atoms with E-state index in [2.05, 4.69) is 22.9 Å². The number of pyridine rings is 1. The number of likely N-dealkylation sites (tertiary alicyclic amines) is 1. The predicted octanol–water partition coefficient (Wildman–Crippen LogP) is 4.84. The molecule has 1 aliphatic heterocycles. The highest BCUT2D eigenvalue weighted by atomic mass is 35.5. The van der Waals surface area contributed by atoms with E-state index in [1.807, 2.05) is 24.4 Å². The lowest BCUT2D eigenvalue weighted by molar-refractivity contribution is -0.143. The van der Waals surface area contributed by atoms with Gasteiger partial charge in [0.25, 0.3) is 0 Å². The van der Waals surface area contributed by atoms with Crippen LogP contribution in [0.15, 0.2) is 36.5 Å². The maximum absolute atomic E-state index is 11.3. The summed E-state index contributed by atoms with van der Waals surface area (Å²) in [5.41, 5.74) is 3.04. The van der Waals surface area contributed by atoms with Crippen LogP contribution in [0.25, 0.3) is 0 Å². The van der Waals surface area contributed by atoms with E-state index in [4.69, 9.17) is 23.2 Å². The molecule has 1 aromatic heterocycles. The van der Waals surface area contributed by atoms with Crippen LogP contribution < -0.4 is 0 Å². The Labute approximate surface area is 163 Å². The molecule has 0 amide bonds. The van der Waals surface area contributed by atoms with Gasteiger partial charge in [0.1, 0.15) is 0 Å². The molecule has 2 aromatic rings. The third-order valence-corrected chi connectivity index (χ3v) is 5.60. The first kappa shape index (κ1) is 19.2. The average molecular weight is 393 g/mol. The van der Waals surface area contributed by atoms with Crippen molar-refractivity contribution in [3.05, 3.63) is 63.4 Å². The van der Waals surface area contributed by atoms with E-state index in [-0.39, 0.29) is 12.0 Å². The van der Waals surface area contributed by atoms with E-state index in [0.29, 0.717) is 36.0 Å². The molecule has 0 saturated carbocycles. The molecule has 0 radical (unpaired) electrons. The smallest absolute Gasteiger partial charge is 0.306 e. The van der Waals surface area contributed by atoms with Gasteiger partial charge in [0, 0.05) is 16.2 Å². The Kier molecular flexibility index (Phi) is 6.17. The maximum Gasteiger partial charge on any atom is 0.306 e. The minimum Gasteiger partial charge on any atom is -0.481 e. The fourth-order valence-corrected chi connectivity index (χ4v) is 3.99. The van der Waals surface area contributed by atoms with Gasteiger partial charge in [0.05, 0.1) is 17.7 Å². The van der Waals surface area contributed by atoms with Crippen molar-refractivity contribution >= 4 is 29.2 Å². The minimum absolute atomic E-state index is 0.111. The number of nitrogens with zero attached hydrogens (tertiary/aromatic N) is 2. The average Bonchev–Trinajstić information content (AvgIpc) is 2.64. The van der Waals surface area contributed by atoms with Gasteiger partial charge in [-0.25, -0.2) is 0 Å². The fourth-order valence-electron chi connectivity index (χ4n) is 3.48. The quantitative estimate of drug-likeness (QED) is 0.790. The van der Waals surface area contributed by atoms with E-state index in [1.165, 1.54) is 5.56 Å². The van der Waals surface area contributed by atoms with E-state index < -0.39 is 5.97 Å². The van der Waals surface area contributed by atoms with Crippen LogP contribution in [0.4, 0.5) is 0 Å². The van der Waals surface area contributed by atoms with Crippen molar-refractivity contribution in [3.8, 4) is 0 Å². The first-order valence-corrected chi connectivity index (χ1v) is 9.61. The first-order chi connectivity index (χ1) is 12.5. The van der Waals surface area contributed by atoms with Gasteiger partial charge in [-0.15, -0.1) is 0 Å². The van der Waals surface area contributed by atoms with Crippen molar-refractivity contribution in [2.75, 3.05) is 13.1 Å². The molecule has 0 bridgehead atoms. The van der Waals surface area contributed by atoms with Gasteiger partial charge in [-0.1, -0.05) is 42.3 Å². The molecule has 1 atom stereocenters. The molecular weight excluding hydrogens is 371 g/mol. The number of benzene rings is 1. The van der Waals surface area contributed by atoms with Crippen LogP contribution in [0, 0.1) is 5.92 Å². The number of aromatic nitrogens is 1. The van der Waals surface area contributed by atoms with Crippen LogP contribution in [0.5, 0.6) is 0 Å². The van der Waals surface area contributed by atoms with Crippen LogP contribution in [-0.2, 0) is 11.2 Å². The second-order valence-corrected chi connectivity index (χ2v) is 7.51. The van der Waals surface area contributed by atoms with Crippen molar-refractivity contribution in [1.82, 2.24) is 9.88 Å². The van der Waals surface area contributed by atoms with Crippen LogP contribution in [-0.4, -0.2) is 34.0 Å². The number of piperidine rings is 1. The summed E-state index contributed by atoms with van der Waals surface area (Å²) in [4.78, 5) is 18.2. The molecular formula is C20H22Cl2N2O2. The summed E-state index contributed by atoms with van der Waals surface area (Å²) >= 11 is 12.6. The Morgan fingerprint density at radius 1 is 1.27 bits per heavy atom. The zero-order valence-electron chi connectivity index (χ0n) is 14.7. The second kappa shape index (κ2) is 8.38. The summed E-state index contributed by atoms with van der Waals surface area (Å²) in [6, 6.07) is 9.53. The molecule has 1 N–H and O–H groups in total. The molecule has 4 nitrogen and oxygen atoms in total. The normalized spacial score (nSPS) is 17.2. The van der Waals surface area contributed by atoms with Crippen molar-refractivity contribution < 1.29 is 9.90 Å². The van der Waals surface area contributed by atoms with E-state index in [0.717, 1.165) is 17.7 Å². The number of halogens is 2. The van der Waals surface area contributed by atoms with Gasteiger partial charge in [-0.3, -0.25) is 14.7 Å². The summed E-state index contributed by atoms with van der Waals surface area (Å²) in [6.45, 7) is 3.48. The Balaban J connectivity index is 1.95. The van der Waals surface area contributed by atoms with E-state index >= 15 is 0 Å². The summed E-state index contributed by atoms with van der Waals surface area (Å²) in [5, 5.41) is 10.5. The van der Waals surface area contributed by atoms with Gasteiger partial charge in [0.2, 0.25) is 0 Å². The molecule has 1 saturated heterocycles. The summed E-state index contributed by atoms with van der Waals surface area (Å²) in [5.74, 6) is -0.987. The molecule has 1 aliphatic rings. The molecule has 1 aromatic carbocycles. The number of carboxylic acids is 1. The summed E-state index contributed by atoms with van der Waals surface area (Å²) < 4.78 is 0. The van der Waals surface area contributed by atoms with Gasteiger partial charge in [-0.2, -0.15) is 0 Å². The van der Waals surface area contributed by atoms with Crippen molar-refractivity contribution in [2.24, 2.45) is 5.92 Å². The predicted molar refractivity (Wildman–Crippen MR) is 104 cm³/mol. The topological polar surface area (TPSA) is 53.4 Å².